The van der Waals surface area contributed by atoms with Crippen molar-refractivity contribution in [3.8, 4) is 0 Å². The van der Waals surface area contributed by atoms with Crippen molar-refractivity contribution in [1.82, 2.24) is 4.98 Å². The summed E-state index contributed by atoms with van der Waals surface area (Å²) in [7, 11) is 0. The van der Waals surface area contributed by atoms with Gasteiger partial charge in [-0.25, -0.2) is 0 Å². The summed E-state index contributed by atoms with van der Waals surface area (Å²) in [6.07, 6.45) is 5.54. The van der Waals surface area contributed by atoms with E-state index in [0.717, 1.165) is 24.1 Å². The van der Waals surface area contributed by atoms with Crippen LogP contribution in [-0.4, -0.2) is 41.8 Å². The molecule has 1 aliphatic heterocycles. The fraction of sp³-hybridized carbons (Fsp3) is 0.524. The third-order valence-corrected chi connectivity index (χ3v) is 4.91. The van der Waals surface area contributed by atoms with E-state index in [1.165, 1.54) is 0 Å². The minimum absolute atomic E-state index is 0.0716. The van der Waals surface area contributed by atoms with E-state index in [1.54, 1.807) is 12.4 Å². The van der Waals surface area contributed by atoms with Crippen molar-refractivity contribution in [1.29, 1.82) is 0 Å². The molecule has 1 unspecified atom stereocenters. The zero-order valence-electron chi connectivity index (χ0n) is 16.1. The van der Waals surface area contributed by atoms with Crippen LogP contribution in [0.1, 0.15) is 51.5 Å². The Morgan fingerprint density at radius 3 is 2.81 bits per heavy atom. The molecule has 1 aliphatic carbocycles. The van der Waals surface area contributed by atoms with Crippen LogP contribution in [0.2, 0.25) is 0 Å². The number of esters is 1. The monoisotopic (exact) mass is 370 g/mol. The Labute approximate surface area is 159 Å². The molecule has 27 heavy (non-hydrogen) atoms. The van der Waals surface area contributed by atoms with E-state index in [4.69, 9.17) is 9.47 Å². The first-order valence-corrected chi connectivity index (χ1v) is 9.48. The van der Waals surface area contributed by atoms with Gasteiger partial charge in [0.25, 0.3) is 0 Å². The molecule has 0 radical (unpaired) electrons. The number of aromatic nitrogens is 1. The van der Waals surface area contributed by atoms with Gasteiger partial charge in [-0.15, -0.1) is 0 Å². The summed E-state index contributed by atoms with van der Waals surface area (Å²) in [5.74, 6) is -1.31. The summed E-state index contributed by atoms with van der Waals surface area (Å²) in [4.78, 5) is 34.4. The maximum atomic E-state index is 12.9. The highest BCUT2D eigenvalue weighted by Gasteiger charge is 2.43. The Kier molecular flexibility index (Phi) is 6.16. The van der Waals surface area contributed by atoms with Gasteiger partial charge in [-0.1, -0.05) is 6.07 Å². The van der Waals surface area contributed by atoms with Crippen LogP contribution in [0.4, 0.5) is 0 Å². The standard InChI is InChI=1S/C21H26N2O4/c1-13(2)26-10-11-27-21(25)18-14(3)23-16-7-4-8-17(24)20(16)19(18)15-6-5-9-22-12-15/h5-6,9,12-13,18-19H,4,7-8,10-11H2,1-3H3/t18?,19-/m0/s1. The minimum Gasteiger partial charge on any atom is -0.463 e. The molecule has 6 heteroatoms. The number of carbonyl (C=O) groups is 2. The highest BCUT2D eigenvalue weighted by Crippen LogP contribution is 2.43. The summed E-state index contributed by atoms with van der Waals surface area (Å²) < 4.78 is 10.9. The SMILES string of the molecule is CC1=NC2=C(C(=O)CCC2)[C@@H](c2cccnc2)C1C(=O)OCCOC(C)C. The Bertz CT molecular complexity index is 768. The molecule has 6 nitrogen and oxygen atoms in total. The third-order valence-electron chi connectivity index (χ3n) is 4.91. The largest absolute Gasteiger partial charge is 0.463 e. The molecule has 1 aromatic rings. The van der Waals surface area contributed by atoms with Crippen LogP contribution in [0.15, 0.2) is 40.8 Å². The predicted octanol–water partition coefficient (Wildman–Crippen LogP) is 3.23. The minimum atomic E-state index is -0.617. The lowest BCUT2D eigenvalue weighted by molar-refractivity contribution is -0.148. The number of Topliss-reactive ketones (excluding diaryl/α,β-unsaturated/α-hetero) is 1. The molecule has 0 saturated heterocycles. The average Bonchev–Trinajstić information content (AvgIpc) is 2.64. The molecule has 0 spiro atoms. The quantitative estimate of drug-likeness (QED) is 0.567. The van der Waals surface area contributed by atoms with E-state index in [9.17, 15) is 9.59 Å². The summed E-state index contributed by atoms with van der Waals surface area (Å²) in [5, 5.41) is 0. The van der Waals surface area contributed by atoms with Gasteiger partial charge in [0.2, 0.25) is 0 Å². The first-order chi connectivity index (χ1) is 13.0. The number of nitrogens with zero attached hydrogens (tertiary/aromatic N) is 2. The average molecular weight is 370 g/mol. The fourth-order valence-electron chi connectivity index (χ4n) is 3.75. The van der Waals surface area contributed by atoms with Gasteiger partial charge in [0.05, 0.1) is 12.7 Å². The lowest BCUT2D eigenvalue weighted by atomic mass is 9.72. The molecule has 0 saturated carbocycles. The van der Waals surface area contributed by atoms with Crippen molar-refractivity contribution in [2.24, 2.45) is 10.9 Å². The van der Waals surface area contributed by atoms with Crippen LogP contribution < -0.4 is 0 Å². The van der Waals surface area contributed by atoms with Crippen LogP contribution >= 0.6 is 0 Å². The van der Waals surface area contributed by atoms with E-state index < -0.39 is 11.8 Å². The lowest BCUT2D eigenvalue weighted by Crippen LogP contribution is -2.37. The van der Waals surface area contributed by atoms with E-state index >= 15 is 0 Å². The molecule has 2 atom stereocenters. The highest BCUT2D eigenvalue weighted by molar-refractivity contribution is 6.08. The van der Waals surface area contributed by atoms with Gasteiger partial charge in [-0.05, 0) is 45.2 Å². The number of ketones is 1. The van der Waals surface area contributed by atoms with Gasteiger partial charge in [0.1, 0.15) is 12.5 Å². The molecule has 0 amide bonds. The molecular weight excluding hydrogens is 344 g/mol. The van der Waals surface area contributed by atoms with Crippen LogP contribution in [0.25, 0.3) is 0 Å². The molecular formula is C21H26N2O4. The number of ether oxygens (including phenoxy) is 2. The van der Waals surface area contributed by atoms with E-state index in [-0.39, 0.29) is 24.5 Å². The first kappa shape index (κ1) is 19.4. The van der Waals surface area contributed by atoms with Crippen molar-refractivity contribution in [2.45, 2.75) is 52.1 Å². The van der Waals surface area contributed by atoms with Gasteiger partial charge in [0, 0.05) is 41.7 Å². The van der Waals surface area contributed by atoms with Crippen LogP contribution in [0, 0.1) is 5.92 Å². The second kappa shape index (κ2) is 8.57. The number of allylic oxidation sites excluding steroid dienone is 2. The lowest BCUT2D eigenvalue weighted by Gasteiger charge is -2.34. The molecule has 2 aliphatic rings. The second-order valence-corrected chi connectivity index (χ2v) is 7.22. The summed E-state index contributed by atoms with van der Waals surface area (Å²) in [6.45, 7) is 6.22. The van der Waals surface area contributed by atoms with Gasteiger partial charge in [0.15, 0.2) is 5.78 Å². The molecule has 0 bridgehead atoms. The van der Waals surface area contributed by atoms with E-state index in [0.29, 0.717) is 24.3 Å². The van der Waals surface area contributed by atoms with Gasteiger partial charge >= 0.3 is 5.97 Å². The van der Waals surface area contributed by atoms with Gasteiger partial charge < -0.3 is 9.47 Å². The molecule has 0 fully saturated rings. The van der Waals surface area contributed by atoms with Gasteiger partial charge in [-0.2, -0.15) is 0 Å². The van der Waals surface area contributed by atoms with Crippen LogP contribution in [-0.2, 0) is 19.1 Å². The maximum absolute atomic E-state index is 12.9. The Balaban J connectivity index is 1.89. The second-order valence-electron chi connectivity index (χ2n) is 7.22. The first-order valence-electron chi connectivity index (χ1n) is 9.48. The van der Waals surface area contributed by atoms with Crippen molar-refractivity contribution in [3.05, 3.63) is 41.4 Å². The normalized spacial score (nSPS) is 22.5. The number of aliphatic imine (C=N–C) groups is 1. The van der Waals surface area contributed by atoms with Crippen molar-refractivity contribution >= 4 is 17.5 Å². The summed E-state index contributed by atoms with van der Waals surface area (Å²) in [6, 6.07) is 3.73. The number of hydrogen-bond acceptors (Lipinski definition) is 6. The highest BCUT2D eigenvalue weighted by atomic mass is 16.6. The van der Waals surface area contributed by atoms with E-state index in [1.807, 2.05) is 32.9 Å². The summed E-state index contributed by atoms with van der Waals surface area (Å²) >= 11 is 0. The Morgan fingerprint density at radius 1 is 1.30 bits per heavy atom. The van der Waals surface area contributed by atoms with Crippen molar-refractivity contribution in [2.75, 3.05) is 13.2 Å². The van der Waals surface area contributed by atoms with Crippen molar-refractivity contribution < 1.29 is 19.1 Å². The molecule has 1 aromatic heterocycles. The molecule has 0 aromatic carbocycles. The zero-order chi connectivity index (χ0) is 19.4. The Morgan fingerprint density at radius 2 is 2.11 bits per heavy atom. The molecule has 144 valence electrons. The number of carbonyl (C=O) groups excluding carboxylic acids is 2. The van der Waals surface area contributed by atoms with Crippen molar-refractivity contribution in [3.63, 3.8) is 0 Å². The molecule has 0 N–H and O–H groups in total. The Hall–Kier alpha value is -2.34. The van der Waals surface area contributed by atoms with Gasteiger partial charge in [-0.3, -0.25) is 19.6 Å². The zero-order valence-corrected chi connectivity index (χ0v) is 16.1. The van der Waals surface area contributed by atoms with Crippen LogP contribution in [0.3, 0.4) is 0 Å². The molecule has 3 rings (SSSR count). The number of pyridine rings is 1. The molecule has 2 heterocycles. The third kappa shape index (κ3) is 4.33. The van der Waals surface area contributed by atoms with Crippen LogP contribution in [0.5, 0.6) is 0 Å². The fourth-order valence-corrected chi connectivity index (χ4v) is 3.75. The smallest absolute Gasteiger partial charge is 0.315 e. The number of hydrogen-bond donors (Lipinski definition) is 0. The van der Waals surface area contributed by atoms with E-state index in [2.05, 4.69) is 9.98 Å². The topological polar surface area (TPSA) is 77.9 Å². The number of rotatable bonds is 6. The predicted molar refractivity (Wildman–Crippen MR) is 102 cm³/mol. The summed E-state index contributed by atoms with van der Waals surface area (Å²) in [5.41, 5.74) is 2.99. The maximum Gasteiger partial charge on any atom is 0.315 e.